The van der Waals surface area contributed by atoms with E-state index in [0.717, 1.165) is 27.2 Å². The Morgan fingerprint density at radius 2 is 2.38 bits per heavy atom. The minimum Gasteiger partial charge on any atom is -0.337 e. The van der Waals surface area contributed by atoms with Crippen molar-refractivity contribution in [1.82, 2.24) is 4.90 Å². The molecule has 0 aromatic carbocycles. The molecule has 1 saturated heterocycles. The first-order chi connectivity index (χ1) is 7.08. The number of hydrogen-bond donors (Lipinski definition) is 1. The van der Waals surface area contributed by atoms with Gasteiger partial charge in [-0.3, -0.25) is 4.79 Å². The number of thiophene rings is 1. The summed E-state index contributed by atoms with van der Waals surface area (Å²) < 4.78 is 0.922. The van der Waals surface area contributed by atoms with E-state index in [9.17, 15) is 4.79 Å². The van der Waals surface area contributed by atoms with Gasteiger partial charge in [0.15, 0.2) is 0 Å². The molecule has 0 aliphatic carbocycles. The highest BCUT2D eigenvalue weighted by Gasteiger charge is 2.26. The predicted octanol–water partition coefficient (Wildman–Crippen LogP) is 2.41. The van der Waals surface area contributed by atoms with Gasteiger partial charge in [0.05, 0.1) is 9.35 Å². The summed E-state index contributed by atoms with van der Waals surface area (Å²) in [7, 11) is 0. The largest absolute Gasteiger partial charge is 0.337 e. The van der Waals surface area contributed by atoms with E-state index < -0.39 is 0 Å². The molecular formula is C10H14BrClN2OS. The van der Waals surface area contributed by atoms with Crippen LogP contribution in [0, 0.1) is 6.92 Å². The predicted molar refractivity (Wildman–Crippen MR) is 72.5 cm³/mol. The van der Waals surface area contributed by atoms with E-state index in [-0.39, 0.29) is 24.4 Å². The number of rotatable bonds is 1. The van der Waals surface area contributed by atoms with Crippen molar-refractivity contribution >= 4 is 45.6 Å². The van der Waals surface area contributed by atoms with Crippen molar-refractivity contribution in [2.24, 2.45) is 5.73 Å². The third-order valence-electron chi connectivity index (χ3n) is 2.55. The number of carbonyl (C=O) groups excluding carboxylic acids is 1. The average molecular weight is 326 g/mol. The zero-order valence-corrected chi connectivity index (χ0v) is 12.1. The van der Waals surface area contributed by atoms with Crippen molar-refractivity contribution in [1.29, 1.82) is 0 Å². The van der Waals surface area contributed by atoms with Gasteiger partial charge in [0.25, 0.3) is 5.91 Å². The Morgan fingerprint density at radius 3 is 2.81 bits per heavy atom. The summed E-state index contributed by atoms with van der Waals surface area (Å²) in [5, 5.41) is 0. The SMILES string of the molecule is Cc1cc(C(=O)N2CC[C@@H](N)C2)c(Br)s1.Cl. The Balaban J connectivity index is 0.00000128. The molecule has 0 saturated carbocycles. The monoisotopic (exact) mass is 324 g/mol. The summed E-state index contributed by atoms with van der Waals surface area (Å²) in [5.74, 6) is 0.0965. The minimum atomic E-state index is 0. The fraction of sp³-hybridized carbons (Fsp3) is 0.500. The fourth-order valence-electron chi connectivity index (χ4n) is 1.77. The van der Waals surface area contributed by atoms with Crippen LogP contribution >= 0.6 is 39.7 Å². The van der Waals surface area contributed by atoms with Crippen LogP contribution in [0.3, 0.4) is 0 Å². The van der Waals surface area contributed by atoms with E-state index >= 15 is 0 Å². The van der Waals surface area contributed by atoms with Gasteiger partial charge in [0.2, 0.25) is 0 Å². The second kappa shape index (κ2) is 5.49. The van der Waals surface area contributed by atoms with Crippen LogP contribution in [0.4, 0.5) is 0 Å². The standard InChI is InChI=1S/C10H13BrN2OS.ClH/c1-6-4-8(9(11)15-6)10(14)13-3-2-7(12)5-13;/h4,7H,2-3,5,12H2,1H3;1H/t7-;/m1./s1. The number of nitrogens with zero attached hydrogens (tertiary/aromatic N) is 1. The summed E-state index contributed by atoms with van der Waals surface area (Å²) in [4.78, 5) is 15.1. The van der Waals surface area contributed by atoms with Gasteiger partial charge in [-0.2, -0.15) is 0 Å². The lowest BCUT2D eigenvalue weighted by Crippen LogP contribution is -2.31. The van der Waals surface area contributed by atoms with Gasteiger partial charge in [-0.25, -0.2) is 0 Å². The first kappa shape index (κ1) is 14.0. The Morgan fingerprint density at radius 1 is 1.69 bits per heavy atom. The number of amides is 1. The maximum absolute atomic E-state index is 12.1. The summed E-state index contributed by atoms with van der Waals surface area (Å²) >= 11 is 5.01. The number of halogens is 2. The summed E-state index contributed by atoms with van der Waals surface area (Å²) in [5.41, 5.74) is 6.55. The maximum atomic E-state index is 12.1. The topological polar surface area (TPSA) is 46.3 Å². The number of nitrogens with two attached hydrogens (primary N) is 1. The normalized spacial score (nSPS) is 19.7. The zero-order valence-electron chi connectivity index (χ0n) is 8.90. The number of aryl methyl sites for hydroxylation is 1. The molecule has 1 amide bonds. The van der Waals surface area contributed by atoms with E-state index in [1.54, 1.807) is 11.3 Å². The Kier molecular flexibility index (Phi) is 4.79. The highest BCUT2D eigenvalue weighted by molar-refractivity contribution is 9.11. The summed E-state index contributed by atoms with van der Waals surface area (Å²) in [6, 6.07) is 2.08. The molecule has 0 spiro atoms. The van der Waals surface area contributed by atoms with Crippen LogP contribution in [0.5, 0.6) is 0 Å². The first-order valence-corrected chi connectivity index (χ1v) is 6.49. The molecule has 0 radical (unpaired) electrons. The van der Waals surface area contributed by atoms with E-state index in [1.807, 2.05) is 17.9 Å². The van der Waals surface area contributed by atoms with Gasteiger partial charge in [-0.15, -0.1) is 23.7 Å². The highest BCUT2D eigenvalue weighted by atomic mass is 79.9. The fourth-order valence-corrected chi connectivity index (χ4v) is 3.54. The molecule has 16 heavy (non-hydrogen) atoms. The van der Waals surface area contributed by atoms with Crippen molar-refractivity contribution in [3.63, 3.8) is 0 Å². The summed E-state index contributed by atoms with van der Waals surface area (Å²) in [6.45, 7) is 3.46. The highest BCUT2D eigenvalue weighted by Crippen LogP contribution is 2.29. The van der Waals surface area contributed by atoms with Crippen molar-refractivity contribution in [3.8, 4) is 0 Å². The molecule has 1 aromatic heterocycles. The van der Waals surface area contributed by atoms with E-state index in [4.69, 9.17) is 5.73 Å². The quantitative estimate of drug-likeness (QED) is 0.862. The molecule has 3 nitrogen and oxygen atoms in total. The first-order valence-electron chi connectivity index (χ1n) is 4.88. The van der Waals surface area contributed by atoms with Crippen LogP contribution in [0.25, 0.3) is 0 Å². The summed E-state index contributed by atoms with van der Waals surface area (Å²) in [6.07, 6.45) is 0.909. The van der Waals surface area contributed by atoms with Crippen LogP contribution in [0.15, 0.2) is 9.85 Å². The van der Waals surface area contributed by atoms with E-state index in [0.29, 0.717) is 6.54 Å². The molecule has 0 unspecified atom stereocenters. The van der Waals surface area contributed by atoms with Gasteiger partial charge in [-0.1, -0.05) is 0 Å². The van der Waals surface area contributed by atoms with Crippen LogP contribution in [-0.4, -0.2) is 29.9 Å². The van der Waals surface area contributed by atoms with Gasteiger partial charge in [0.1, 0.15) is 0 Å². The Bertz CT molecular complexity index is 396. The van der Waals surface area contributed by atoms with Crippen molar-refractivity contribution in [2.75, 3.05) is 13.1 Å². The van der Waals surface area contributed by atoms with Crippen LogP contribution in [0.2, 0.25) is 0 Å². The number of likely N-dealkylation sites (tertiary alicyclic amines) is 1. The lowest BCUT2D eigenvalue weighted by Gasteiger charge is -2.14. The maximum Gasteiger partial charge on any atom is 0.255 e. The molecule has 90 valence electrons. The molecule has 1 aliphatic heterocycles. The molecule has 2 heterocycles. The molecule has 1 aromatic rings. The van der Waals surface area contributed by atoms with Gasteiger partial charge < -0.3 is 10.6 Å². The smallest absolute Gasteiger partial charge is 0.255 e. The number of hydrogen-bond acceptors (Lipinski definition) is 3. The van der Waals surface area contributed by atoms with Crippen molar-refractivity contribution in [3.05, 3.63) is 20.3 Å². The second-order valence-corrected chi connectivity index (χ2v) is 6.42. The second-order valence-electron chi connectivity index (χ2n) is 3.84. The van der Waals surface area contributed by atoms with Gasteiger partial charge in [0, 0.05) is 24.0 Å². The van der Waals surface area contributed by atoms with Crippen LogP contribution in [-0.2, 0) is 0 Å². The zero-order chi connectivity index (χ0) is 11.0. The van der Waals surface area contributed by atoms with Gasteiger partial charge in [-0.05, 0) is 35.3 Å². The van der Waals surface area contributed by atoms with Crippen LogP contribution in [0.1, 0.15) is 21.7 Å². The molecule has 1 fully saturated rings. The molecule has 1 aliphatic rings. The molecule has 0 bridgehead atoms. The van der Waals surface area contributed by atoms with Gasteiger partial charge >= 0.3 is 0 Å². The van der Waals surface area contributed by atoms with E-state index in [1.165, 1.54) is 0 Å². The lowest BCUT2D eigenvalue weighted by atomic mass is 10.3. The van der Waals surface area contributed by atoms with Crippen molar-refractivity contribution in [2.45, 2.75) is 19.4 Å². The van der Waals surface area contributed by atoms with E-state index in [2.05, 4.69) is 15.9 Å². The molecule has 1 atom stereocenters. The lowest BCUT2D eigenvalue weighted by molar-refractivity contribution is 0.0790. The average Bonchev–Trinajstić information content (AvgIpc) is 2.71. The molecule has 6 heteroatoms. The molecule has 2 rings (SSSR count). The molecule has 2 N–H and O–H groups in total. The Hall–Kier alpha value is -0.1000. The molecular weight excluding hydrogens is 312 g/mol. The number of carbonyl (C=O) groups is 1. The minimum absolute atomic E-state index is 0. The van der Waals surface area contributed by atoms with Crippen LogP contribution < -0.4 is 5.73 Å². The Labute approximate surface area is 114 Å². The van der Waals surface area contributed by atoms with Crippen molar-refractivity contribution < 1.29 is 4.79 Å². The third kappa shape index (κ3) is 2.77. The third-order valence-corrected chi connectivity index (χ3v) is 4.30.